The van der Waals surface area contributed by atoms with Crippen molar-refractivity contribution >= 4 is 16.7 Å². The maximum atomic E-state index is 13.8. The van der Waals surface area contributed by atoms with E-state index in [1.54, 1.807) is 26.4 Å². The zero-order valence-electron chi connectivity index (χ0n) is 12.8. The van der Waals surface area contributed by atoms with E-state index in [2.05, 4.69) is 15.3 Å². The molecule has 1 N–H and O–H groups in total. The fourth-order valence-corrected chi connectivity index (χ4v) is 2.46. The monoisotopic (exact) mass is 313 g/mol. The summed E-state index contributed by atoms with van der Waals surface area (Å²) in [5.41, 5.74) is 1.21. The van der Waals surface area contributed by atoms with Crippen LogP contribution in [-0.2, 0) is 6.54 Å². The van der Waals surface area contributed by atoms with Gasteiger partial charge < -0.3 is 14.8 Å². The average molecular weight is 313 g/mol. The second-order valence-corrected chi connectivity index (χ2v) is 4.86. The lowest BCUT2D eigenvalue weighted by atomic mass is 10.1. The molecule has 3 rings (SSSR count). The summed E-state index contributed by atoms with van der Waals surface area (Å²) in [4.78, 5) is 8.19. The van der Waals surface area contributed by atoms with Crippen LogP contribution in [0.4, 0.5) is 10.2 Å². The first-order chi connectivity index (χ1) is 11.2. The van der Waals surface area contributed by atoms with Gasteiger partial charge in [0, 0.05) is 17.5 Å². The Morgan fingerprint density at radius 3 is 2.65 bits per heavy atom. The molecule has 0 saturated carbocycles. The predicted molar refractivity (Wildman–Crippen MR) is 86.4 cm³/mol. The Bertz CT molecular complexity index is 839. The molecule has 6 heteroatoms. The first-order valence-corrected chi connectivity index (χ1v) is 7.07. The topological polar surface area (TPSA) is 56.3 Å². The van der Waals surface area contributed by atoms with Gasteiger partial charge in [-0.3, -0.25) is 0 Å². The molecule has 0 fully saturated rings. The van der Waals surface area contributed by atoms with Crippen LogP contribution in [0.1, 0.15) is 5.56 Å². The first kappa shape index (κ1) is 15.0. The molecule has 23 heavy (non-hydrogen) atoms. The van der Waals surface area contributed by atoms with E-state index >= 15 is 0 Å². The van der Waals surface area contributed by atoms with E-state index in [9.17, 15) is 4.39 Å². The lowest BCUT2D eigenvalue weighted by Gasteiger charge is -2.14. The summed E-state index contributed by atoms with van der Waals surface area (Å²) in [7, 11) is 3.19. The molecule has 5 nitrogen and oxygen atoms in total. The van der Waals surface area contributed by atoms with Crippen molar-refractivity contribution in [2.24, 2.45) is 0 Å². The molecule has 1 aromatic heterocycles. The molecule has 0 atom stereocenters. The Morgan fingerprint density at radius 2 is 1.87 bits per heavy atom. The van der Waals surface area contributed by atoms with E-state index in [0.717, 1.165) is 5.56 Å². The summed E-state index contributed by atoms with van der Waals surface area (Å²) in [5.74, 6) is 1.52. The van der Waals surface area contributed by atoms with Gasteiger partial charge in [-0.1, -0.05) is 18.2 Å². The van der Waals surface area contributed by atoms with E-state index in [0.29, 0.717) is 34.8 Å². The second kappa shape index (κ2) is 6.48. The van der Waals surface area contributed by atoms with Gasteiger partial charge in [0.15, 0.2) is 11.5 Å². The summed E-state index contributed by atoms with van der Waals surface area (Å²) in [6.07, 6.45) is 1.34. The van der Waals surface area contributed by atoms with Crippen LogP contribution in [0.3, 0.4) is 0 Å². The van der Waals surface area contributed by atoms with Gasteiger partial charge in [0.05, 0.1) is 14.2 Å². The van der Waals surface area contributed by atoms with Crippen molar-refractivity contribution in [3.63, 3.8) is 0 Å². The first-order valence-electron chi connectivity index (χ1n) is 7.07. The van der Waals surface area contributed by atoms with Gasteiger partial charge in [-0.2, -0.15) is 0 Å². The quantitative estimate of drug-likeness (QED) is 0.782. The number of halogens is 1. The predicted octanol–water partition coefficient (Wildman–Crippen LogP) is 3.40. The van der Waals surface area contributed by atoms with E-state index < -0.39 is 0 Å². The van der Waals surface area contributed by atoms with Gasteiger partial charge in [-0.25, -0.2) is 14.4 Å². The Hall–Kier alpha value is -2.89. The highest BCUT2D eigenvalue weighted by atomic mass is 19.1. The van der Waals surface area contributed by atoms with E-state index in [-0.39, 0.29) is 5.82 Å². The number of hydrogen-bond acceptors (Lipinski definition) is 5. The summed E-state index contributed by atoms with van der Waals surface area (Å²) in [6, 6.07) is 10.4. The van der Waals surface area contributed by atoms with E-state index in [1.807, 2.05) is 18.2 Å². The fraction of sp³-hybridized carbons (Fsp3) is 0.176. The minimum atomic E-state index is -0.369. The minimum Gasteiger partial charge on any atom is -0.493 e. The summed E-state index contributed by atoms with van der Waals surface area (Å²) < 4.78 is 24.5. The van der Waals surface area contributed by atoms with Crippen LogP contribution in [0.25, 0.3) is 10.9 Å². The maximum Gasteiger partial charge on any atom is 0.165 e. The summed E-state index contributed by atoms with van der Waals surface area (Å²) in [6.45, 7) is 0.461. The van der Waals surface area contributed by atoms with E-state index in [1.165, 1.54) is 12.4 Å². The van der Waals surface area contributed by atoms with Crippen LogP contribution in [0, 0.1) is 5.82 Å². The molecule has 0 spiro atoms. The van der Waals surface area contributed by atoms with Gasteiger partial charge in [0.25, 0.3) is 0 Å². The van der Waals surface area contributed by atoms with Crippen molar-refractivity contribution in [3.8, 4) is 11.5 Å². The Morgan fingerprint density at radius 1 is 1.04 bits per heavy atom. The lowest BCUT2D eigenvalue weighted by molar-refractivity contribution is 0.352. The van der Waals surface area contributed by atoms with E-state index in [4.69, 9.17) is 9.47 Å². The Labute approximate surface area is 133 Å². The Balaban J connectivity index is 1.92. The SMILES string of the molecule is COc1cccc(CNc2ncnc3c(F)cccc23)c1OC. The van der Waals surface area contributed by atoms with Crippen LogP contribution >= 0.6 is 0 Å². The number of nitrogens with zero attached hydrogens (tertiary/aromatic N) is 2. The third kappa shape index (κ3) is 2.88. The lowest BCUT2D eigenvalue weighted by Crippen LogP contribution is -2.05. The molecule has 0 aliphatic carbocycles. The largest absolute Gasteiger partial charge is 0.493 e. The van der Waals surface area contributed by atoms with Gasteiger partial charge in [-0.15, -0.1) is 0 Å². The number of rotatable bonds is 5. The van der Waals surface area contributed by atoms with Crippen molar-refractivity contribution in [2.75, 3.05) is 19.5 Å². The molecule has 0 aliphatic heterocycles. The fourth-order valence-electron chi connectivity index (χ4n) is 2.46. The number of fused-ring (bicyclic) bond motifs is 1. The molecule has 0 radical (unpaired) electrons. The number of anilines is 1. The molecule has 2 aromatic carbocycles. The molecule has 0 amide bonds. The third-order valence-electron chi connectivity index (χ3n) is 3.55. The smallest absolute Gasteiger partial charge is 0.165 e. The van der Waals surface area contributed by atoms with Crippen molar-refractivity contribution < 1.29 is 13.9 Å². The molecule has 1 heterocycles. The highest BCUT2D eigenvalue weighted by Gasteiger charge is 2.11. The summed E-state index contributed by atoms with van der Waals surface area (Å²) in [5, 5.41) is 3.84. The number of methoxy groups -OCH3 is 2. The minimum absolute atomic E-state index is 0.294. The number of hydrogen-bond donors (Lipinski definition) is 1. The number of nitrogens with one attached hydrogen (secondary N) is 1. The zero-order chi connectivity index (χ0) is 16.2. The van der Waals surface area contributed by atoms with Gasteiger partial charge in [0.1, 0.15) is 23.5 Å². The summed E-state index contributed by atoms with van der Waals surface area (Å²) >= 11 is 0. The van der Waals surface area contributed by atoms with Crippen LogP contribution in [0.5, 0.6) is 11.5 Å². The molecular formula is C17H16FN3O2. The maximum absolute atomic E-state index is 13.8. The molecule has 0 aliphatic rings. The second-order valence-electron chi connectivity index (χ2n) is 4.86. The molecule has 3 aromatic rings. The van der Waals surface area contributed by atoms with Crippen molar-refractivity contribution in [3.05, 3.63) is 54.1 Å². The molecule has 118 valence electrons. The number of benzene rings is 2. The van der Waals surface area contributed by atoms with Crippen LogP contribution in [0.2, 0.25) is 0 Å². The highest BCUT2D eigenvalue weighted by molar-refractivity contribution is 5.89. The number of ether oxygens (including phenoxy) is 2. The van der Waals surface area contributed by atoms with Gasteiger partial charge in [0.2, 0.25) is 0 Å². The van der Waals surface area contributed by atoms with Gasteiger partial charge in [-0.05, 0) is 18.2 Å². The molecule has 0 bridgehead atoms. The average Bonchev–Trinajstić information content (AvgIpc) is 2.59. The molecule has 0 unspecified atom stereocenters. The molecular weight excluding hydrogens is 297 g/mol. The number of aromatic nitrogens is 2. The standard InChI is InChI=1S/C17H16FN3O2/c1-22-14-8-3-5-11(16(14)23-2)9-19-17-12-6-4-7-13(18)15(12)20-10-21-17/h3-8,10H,9H2,1-2H3,(H,19,20,21). The van der Waals surface area contributed by atoms with Crippen LogP contribution in [-0.4, -0.2) is 24.2 Å². The number of para-hydroxylation sites is 2. The third-order valence-corrected chi connectivity index (χ3v) is 3.55. The van der Waals surface area contributed by atoms with Crippen molar-refractivity contribution in [1.29, 1.82) is 0 Å². The molecule has 0 saturated heterocycles. The zero-order valence-corrected chi connectivity index (χ0v) is 12.8. The highest BCUT2D eigenvalue weighted by Crippen LogP contribution is 2.31. The normalized spacial score (nSPS) is 10.6. The van der Waals surface area contributed by atoms with Crippen LogP contribution in [0.15, 0.2) is 42.7 Å². The van der Waals surface area contributed by atoms with Crippen molar-refractivity contribution in [1.82, 2.24) is 9.97 Å². The Kier molecular flexibility index (Phi) is 4.23. The van der Waals surface area contributed by atoms with Gasteiger partial charge >= 0.3 is 0 Å². The van der Waals surface area contributed by atoms with Crippen LogP contribution < -0.4 is 14.8 Å². The van der Waals surface area contributed by atoms with Crippen molar-refractivity contribution in [2.45, 2.75) is 6.54 Å².